The van der Waals surface area contributed by atoms with E-state index in [0.717, 1.165) is 5.69 Å². The van der Waals surface area contributed by atoms with Crippen molar-refractivity contribution < 1.29 is 10.0 Å². The van der Waals surface area contributed by atoms with Gasteiger partial charge in [-0.25, -0.2) is 0 Å². The lowest BCUT2D eigenvalue weighted by Crippen LogP contribution is -2.16. The highest BCUT2D eigenvalue weighted by Crippen LogP contribution is 2.30. The Balaban J connectivity index is 2.46. The summed E-state index contributed by atoms with van der Waals surface area (Å²) in [7, 11) is 0. The molecule has 6 nitrogen and oxygen atoms in total. The number of nitrogens with zero attached hydrogens (tertiary/aromatic N) is 2. The van der Waals surface area contributed by atoms with Crippen molar-refractivity contribution >= 4 is 22.3 Å². The molecule has 1 unspecified atom stereocenters. The molecule has 0 amide bonds. The van der Waals surface area contributed by atoms with Gasteiger partial charge in [0.15, 0.2) is 0 Å². The number of aliphatic hydroxyl groups excluding tert-OH is 1. The zero-order chi connectivity index (χ0) is 13.8. The molecule has 6 heteroatoms. The number of non-ortho nitro benzene ring substituents is 1. The minimum atomic E-state index is -0.412. The summed E-state index contributed by atoms with van der Waals surface area (Å²) in [6, 6.07) is 6.55. The van der Waals surface area contributed by atoms with E-state index in [1.807, 2.05) is 6.92 Å². The van der Waals surface area contributed by atoms with Crippen LogP contribution in [0.2, 0.25) is 0 Å². The van der Waals surface area contributed by atoms with Crippen molar-refractivity contribution in [3.8, 4) is 0 Å². The molecule has 0 saturated carbocycles. The average molecular weight is 261 g/mol. The molecule has 2 N–H and O–H groups in total. The van der Waals surface area contributed by atoms with Gasteiger partial charge in [-0.15, -0.1) is 0 Å². The third-order valence-corrected chi connectivity index (χ3v) is 2.91. The van der Waals surface area contributed by atoms with Crippen LogP contribution in [-0.2, 0) is 0 Å². The van der Waals surface area contributed by atoms with Gasteiger partial charge in [0.05, 0.1) is 16.0 Å². The fourth-order valence-electron chi connectivity index (χ4n) is 1.96. The average Bonchev–Trinajstić information content (AvgIpc) is 2.39. The van der Waals surface area contributed by atoms with Crippen LogP contribution in [-0.4, -0.2) is 27.7 Å². The number of rotatable bonds is 5. The Labute approximate surface area is 110 Å². The van der Waals surface area contributed by atoms with E-state index in [-0.39, 0.29) is 18.3 Å². The van der Waals surface area contributed by atoms with E-state index in [1.54, 1.807) is 24.4 Å². The van der Waals surface area contributed by atoms with Gasteiger partial charge in [-0.05, 0) is 31.5 Å². The van der Waals surface area contributed by atoms with Crippen LogP contribution < -0.4 is 5.32 Å². The molecule has 0 spiro atoms. The minimum Gasteiger partial charge on any atom is -0.396 e. The zero-order valence-electron chi connectivity index (χ0n) is 10.5. The van der Waals surface area contributed by atoms with Gasteiger partial charge in [0.2, 0.25) is 0 Å². The normalized spacial score (nSPS) is 12.3. The molecule has 1 atom stereocenters. The summed E-state index contributed by atoms with van der Waals surface area (Å²) in [4.78, 5) is 14.8. The first kappa shape index (κ1) is 13.2. The number of hydrogen-bond acceptors (Lipinski definition) is 5. The molecule has 0 aliphatic carbocycles. The maximum atomic E-state index is 11.0. The van der Waals surface area contributed by atoms with E-state index < -0.39 is 4.92 Å². The number of aliphatic hydroxyl groups is 1. The van der Waals surface area contributed by atoms with Crippen LogP contribution in [0, 0.1) is 10.1 Å². The molecular formula is C13H15N3O3. The molecule has 1 aromatic carbocycles. The van der Waals surface area contributed by atoms with Crippen LogP contribution in [0.25, 0.3) is 10.9 Å². The van der Waals surface area contributed by atoms with E-state index in [9.17, 15) is 10.1 Å². The Morgan fingerprint density at radius 2 is 2.26 bits per heavy atom. The van der Waals surface area contributed by atoms with Crippen LogP contribution >= 0.6 is 0 Å². The molecule has 19 heavy (non-hydrogen) atoms. The van der Waals surface area contributed by atoms with Crippen LogP contribution in [0.5, 0.6) is 0 Å². The van der Waals surface area contributed by atoms with E-state index in [0.29, 0.717) is 17.3 Å². The molecule has 1 aromatic heterocycles. The van der Waals surface area contributed by atoms with Crippen LogP contribution in [0.4, 0.5) is 11.4 Å². The summed E-state index contributed by atoms with van der Waals surface area (Å²) < 4.78 is 0. The fraction of sp³-hybridized carbons (Fsp3) is 0.308. The first-order valence-electron chi connectivity index (χ1n) is 6.03. The van der Waals surface area contributed by atoms with Gasteiger partial charge in [0, 0.05) is 24.9 Å². The Morgan fingerprint density at radius 3 is 2.95 bits per heavy atom. The summed E-state index contributed by atoms with van der Waals surface area (Å²) >= 11 is 0. The number of benzene rings is 1. The topological polar surface area (TPSA) is 88.3 Å². The second-order valence-electron chi connectivity index (χ2n) is 4.35. The van der Waals surface area contributed by atoms with Gasteiger partial charge >= 0.3 is 0 Å². The second-order valence-corrected chi connectivity index (χ2v) is 4.35. The maximum Gasteiger partial charge on any atom is 0.278 e. The third-order valence-electron chi connectivity index (χ3n) is 2.91. The lowest BCUT2D eigenvalue weighted by Gasteiger charge is -2.15. The molecule has 0 fully saturated rings. The third kappa shape index (κ3) is 2.79. The Morgan fingerprint density at radius 1 is 1.47 bits per heavy atom. The highest BCUT2D eigenvalue weighted by atomic mass is 16.6. The Bertz CT molecular complexity index is 601. The summed E-state index contributed by atoms with van der Waals surface area (Å²) in [5.41, 5.74) is 1.35. The predicted octanol–water partition coefficient (Wildman–Crippen LogP) is 2.33. The van der Waals surface area contributed by atoms with E-state index in [1.165, 1.54) is 6.07 Å². The number of nitro benzene ring substituents is 1. The first-order valence-corrected chi connectivity index (χ1v) is 6.03. The Hall–Kier alpha value is -2.21. The standard InChI is InChI=1S/C13H15N3O3/c1-9(6-8-17)15-11-4-5-12(16(18)19)10-3-2-7-14-13(10)11/h2-5,7,9,15,17H,6,8H2,1H3. The lowest BCUT2D eigenvalue weighted by molar-refractivity contribution is -0.383. The number of fused-ring (bicyclic) bond motifs is 1. The van der Waals surface area contributed by atoms with Crippen molar-refractivity contribution in [2.75, 3.05) is 11.9 Å². The fourth-order valence-corrected chi connectivity index (χ4v) is 1.96. The largest absolute Gasteiger partial charge is 0.396 e. The molecule has 0 bridgehead atoms. The summed E-state index contributed by atoms with van der Waals surface area (Å²) in [6.45, 7) is 2.03. The van der Waals surface area contributed by atoms with Crippen molar-refractivity contribution in [3.63, 3.8) is 0 Å². The smallest absolute Gasteiger partial charge is 0.278 e. The number of nitrogens with one attached hydrogen (secondary N) is 1. The van der Waals surface area contributed by atoms with Gasteiger partial charge in [-0.3, -0.25) is 15.1 Å². The lowest BCUT2D eigenvalue weighted by atomic mass is 10.1. The number of aromatic nitrogens is 1. The summed E-state index contributed by atoms with van der Waals surface area (Å²) in [5.74, 6) is 0. The molecule has 1 heterocycles. The number of nitro groups is 1. The highest BCUT2D eigenvalue weighted by Gasteiger charge is 2.15. The molecule has 2 rings (SSSR count). The Kier molecular flexibility index (Phi) is 3.91. The van der Waals surface area contributed by atoms with Crippen molar-refractivity contribution in [1.29, 1.82) is 0 Å². The quantitative estimate of drug-likeness (QED) is 0.637. The predicted molar refractivity (Wildman–Crippen MR) is 73.2 cm³/mol. The van der Waals surface area contributed by atoms with Crippen LogP contribution in [0.1, 0.15) is 13.3 Å². The van der Waals surface area contributed by atoms with Gasteiger partial charge < -0.3 is 10.4 Å². The number of anilines is 1. The van der Waals surface area contributed by atoms with Crippen molar-refractivity contribution in [1.82, 2.24) is 4.98 Å². The minimum absolute atomic E-state index is 0.0449. The van der Waals surface area contributed by atoms with Crippen molar-refractivity contribution in [2.24, 2.45) is 0 Å². The molecule has 0 aliphatic heterocycles. The van der Waals surface area contributed by atoms with Crippen molar-refractivity contribution in [2.45, 2.75) is 19.4 Å². The number of hydrogen-bond donors (Lipinski definition) is 2. The zero-order valence-corrected chi connectivity index (χ0v) is 10.5. The summed E-state index contributed by atoms with van der Waals surface area (Å²) in [6.07, 6.45) is 2.21. The van der Waals surface area contributed by atoms with E-state index in [4.69, 9.17) is 5.11 Å². The SMILES string of the molecule is CC(CCO)Nc1ccc([N+](=O)[O-])c2cccnc12. The van der Waals surface area contributed by atoms with E-state index in [2.05, 4.69) is 10.3 Å². The van der Waals surface area contributed by atoms with Crippen LogP contribution in [0.15, 0.2) is 30.5 Å². The summed E-state index contributed by atoms with van der Waals surface area (Å²) in [5, 5.41) is 23.6. The second kappa shape index (κ2) is 5.62. The van der Waals surface area contributed by atoms with Crippen LogP contribution in [0.3, 0.4) is 0 Å². The molecule has 2 aromatic rings. The maximum absolute atomic E-state index is 11.0. The van der Waals surface area contributed by atoms with E-state index >= 15 is 0 Å². The van der Waals surface area contributed by atoms with Gasteiger partial charge in [0.1, 0.15) is 5.52 Å². The first-order chi connectivity index (χ1) is 9.13. The number of pyridine rings is 1. The molecule has 0 saturated heterocycles. The molecular weight excluding hydrogens is 246 g/mol. The highest BCUT2D eigenvalue weighted by molar-refractivity contribution is 5.96. The van der Waals surface area contributed by atoms with Gasteiger partial charge in [0.25, 0.3) is 5.69 Å². The molecule has 100 valence electrons. The van der Waals surface area contributed by atoms with Gasteiger partial charge in [-0.1, -0.05) is 0 Å². The molecule has 0 radical (unpaired) electrons. The monoisotopic (exact) mass is 261 g/mol. The molecule has 0 aliphatic rings. The van der Waals surface area contributed by atoms with Gasteiger partial charge in [-0.2, -0.15) is 0 Å². The van der Waals surface area contributed by atoms with Crippen molar-refractivity contribution in [3.05, 3.63) is 40.6 Å².